The van der Waals surface area contributed by atoms with Crippen LogP contribution in [0.4, 0.5) is 0 Å². The summed E-state index contributed by atoms with van der Waals surface area (Å²) in [6, 6.07) is 12.1. The van der Waals surface area contributed by atoms with Gasteiger partial charge in [0, 0.05) is 13.0 Å². The minimum Gasteiger partial charge on any atom is -0.460 e. The predicted molar refractivity (Wildman–Crippen MR) is 201 cm³/mol. The average molecular weight is 732 g/mol. The van der Waals surface area contributed by atoms with E-state index in [2.05, 4.69) is 17.2 Å². The van der Waals surface area contributed by atoms with Crippen molar-refractivity contribution in [2.45, 2.75) is 128 Å². The number of rotatable bonds is 15. The molecule has 4 unspecified atom stereocenters. The van der Waals surface area contributed by atoms with Crippen molar-refractivity contribution in [3.8, 4) is 0 Å². The fraction of sp³-hybridized carbons (Fsp3) is 0.595. The van der Waals surface area contributed by atoms with Gasteiger partial charge in [-0.25, -0.2) is 4.79 Å². The average Bonchev–Trinajstić information content (AvgIpc) is 3.78. The first kappa shape index (κ1) is 39.9. The van der Waals surface area contributed by atoms with Gasteiger partial charge in [0.1, 0.15) is 29.8 Å². The van der Waals surface area contributed by atoms with Gasteiger partial charge < -0.3 is 29.7 Å². The minimum atomic E-state index is -1.14. The van der Waals surface area contributed by atoms with E-state index in [0.717, 1.165) is 48.4 Å². The zero-order valence-electron chi connectivity index (χ0n) is 32.0. The molecule has 4 atom stereocenters. The van der Waals surface area contributed by atoms with E-state index in [1.807, 2.05) is 56.3 Å². The van der Waals surface area contributed by atoms with Gasteiger partial charge in [-0.15, -0.1) is 0 Å². The maximum Gasteiger partial charge on any atom is 0.332 e. The number of nitrogens with zero attached hydrogens (tertiary/aromatic N) is 1. The number of carbonyl (C=O) groups excluding carboxylic acids is 5. The number of ether oxygens (including phenoxy) is 3. The lowest BCUT2D eigenvalue weighted by Gasteiger charge is -2.34. The Labute approximate surface area is 313 Å². The van der Waals surface area contributed by atoms with E-state index in [4.69, 9.17) is 14.2 Å². The van der Waals surface area contributed by atoms with Crippen molar-refractivity contribution < 1.29 is 38.2 Å². The molecule has 53 heavy (non-hydrogen) atoms. The first-order valence-corrected chi connectivity index (χ1v) is 19.2. The normalized spacial score (nSPS) is 21.1. The molecule has 1 aliphatic heterocycles. The summed E-state index contributed by atoms with van der Waals surface area (Å²) >= 11 is 0. The molecule has 5 rings (SSSR count). The van der Waals surface area contributed by atoms with Crippen molar-refractivity contribution >= 4 is 40.4 Å². The summed E-state index contributed by atoms with van der Waals surface area (Å²) in [7, 11) is 0. The molecular weight excluding hydrogens is 674 g/mol. The monoisotopic (exact) mass is 731 g/mol. The van der Waals surface area contributed by atoms with Crippen LogP contribution in [0.5, 0.6) is 0 Å². The van der Waals surface area contributed by atoms with Crippen molar-refractivity contribution in [1.82, 2.24) is 15.5 Å². The van der Waals surface area contributed by atoms with Gasteiger partial charge in [-0.1, -0.05) is 88.2 Å². The Hall–Kier alpha value is -4.25. The van der Waals surface area contributed by atoms with Gasteiger partial charge >= 0.3 is 11.9 Å². The number of hydrogen-bond acceptors (Lipinski definition) is 8. The number of carbonyl (C=O) groups is 5. The fourth-order valence-corrected chi connectivity index (χ4v) is 7.66. The van der Waals surface area contributed by atoms with E-state index in [-0.39, 0.29) is 50.3 Å². The number of nitrogens with one attached hydrogen (secondary N) is 2. The largest absolute Gasteiger partial charge is 0.460 e. The Morgan fingerprint density at radius 2 is 1.70 bits per heavy atom. The molecule has 0 aromatic heterocycles. The molecule has 3 fully saturated rings. The van der Waals surface area contributed by atoms with E-state index in [9.17, 15) is 24.0 Å². The molecule has 2 saturated carbocycles. The Bertz CT molecular complexity index is 1650. The first-order chi connectivity index (χ1) is 25.2. The highest BCUT2D eigenvalue weighted by Crippen LogP contribution is 2.38. The van der Waals surface area contributed by atoms with E-state index >= 15 is 0 Å². The number of likely N-dealkylation sites (tertiary alicyclic amines) is 1. The number of esters is 2. The smallest absolute Gasteiger partial charge is 0.332 e. The van der Waals surface area contributed by atoms with Crippen LogP contribution in [-0.2, 0) is 44.8 Å². The summed E-state index contributed by atoms with van der Waals surface area (Å²) in [6.07, 6.45) is 6.66. The van der Waals surface area contributed by atoms with Gasteiger partial charge in [-0.3, -0.25) is 19.2 Å². The maximum absolute atomic E-state index is 14.6. The van der Waals surface area contributed by atoms with Gasteiger partial charge in [-0.05, 0) is 74.6 Å². The Balaban J connectivity index is 1.36. The third-order valence-corrected chi connectivity index (χ3v) is 10.6. The van der Waals surface area contributed by atoms with E-state index in [0.29, 0.717) is 12.8 Å². The van der Waals surface area contributed by atoms with Crippen LogP contribution in [0.2, 0.25) is 0 Å². The van der Waals surface area contributed by atoms with Crippen LogP contribution in [0.15, 0.2) is 55.1 Å². The highest BCUT2D eigenvalue weighted by atomic mass is 16.6. The highest BCUT2D eigenvalue weighted by Gasteiger charge is 2.55. The zero-order chi connectivity index (χ0) is 38.3. The maximum atomic E-state index is 14.6. The second kappa shape index (κ2) is 17.3. The lowest BCUT2D eigenvalue weighted by molar-refractivity contribution is -0.158. The van der Waals surface area contributed by atoms with Crippen LogP contribution < -0.4 is 10.6 Å². The molecule has 2 aromatic carbocycles. The molecule has 1 heterocycles. The van der Waals surface area contributed by atoms with Crippen molar-refractivity contribution in [2.75, 3.05) is 13.2 Å². The number of fused-ring (bicyclic) bond motifs is 1. The van der Waals surface area contributed by atoms with Crippen LogP contribution in [0.1, 0.15) is 98.0 Å². The summed E-state index contributed by atoms with van der Waals surface area (Å²) in [5.74, 6) is -3.21. The first-order valence-electron chi connectivity index (χ1n) is 19.2. The molecule has 1 saturated heterocycles. The third-order valence-electron chi connectivity index (χ3n) is 10.6. The van der Waals surface area contributed by atoms with Gasteiger partial charge in [0.15, 0.2) is 0 Å². The van der Waals surface area contributed by atoms with E-state index in [1.54, 1.807) is 20.8 Å². The zero-order valence-corrected chi connectivity index (χ0v) is 32.0. The summed E-state index contributed by atoms with van der Waals surface area (Å²) in [6.45, 7) is 13.1. The standard InChI is InChI=1S/C42H57N3O8/c1-7-22-51-40(50)42(20-21-42)44-38(48)34-23-31(52-26-30-18-13-17-28-16-11-12-19-32(28)30)25-45(34)39(49)36(27(2)3)43-37(47)33(29-14-9-8-10-15-29)24-35(46)53-41(4,5)6/h7,11-13,16-19,27,29,31,33-34,36H,1,8-10,14-15,20-26H2,2-6H3,(H,43,47)(H,44,48). The fourth-order valence-electron chi connectivity index (χ4n) is 7.66. The van der Waals surface area contributed by atoms with E-state index < -0.39 is 59.0 Å². The second-order valence-corrected chi connectivity index (χ2v) is 16.3. The van der Waals surface area contributed by atoms with Crippen molar-refractivity contribution in [2.24, 2.45) is 17.8 Å². The molecule has 0 spiro atoms. The van der Waals surface area contributed by atoms with Crippen LogP contribution in [0, 0.1) is 17.8 Å². The molecule has 11 heteroatoms. The van der Waals surface area contributed by atoms with Gasteiger partial charge in [0.25, 0.3) is 0 Å². The van der Waals surface area contributed by atoms with Crippen molar-refractivity contribution in [1.29, 1.82) is 0 Å². The minimum absolute atomic E-state index is 0.00748. The molecule has 2 aromatic rings. The number of hydrogen-bond donors (Lipinski definition) is 2. The number of amides is 3. The summed E-state index contributed by atoms with van der Waals surface area (Å²) < 4.78 is 17.3. The van der Waals surface area contributed by atoms with Crippen molar-refractivity contribution in [3.05, 3.63) is 60.7 Å². The number of benzene rings is 2. The van der Waals surface area contributed by atoms with Crippen molar-refractivity contribution in [3.63, 3.8) is 0 Å². The SMILES string of the molecule is C=CCOC(=O)C1(NC(=O)C2CC(OCc3cccc4ccccc34)CN2C(=O)C(NC(=O)C(CC(=O)OC(C)(C)C)C2CCCCC2)C(C)C)CC1. The summed E-state index contributed by atoms with van der Waals surface area (Å²) in [4.78, 5) is 70.1. The second-order valence-electron chi connectivity index (χ2n) is 16.3. The van der Waals surface area contributed by atoms with Crippen LogP contribution in [-0.4, -0.2) is 77.0 Å². The van der Waals surface area contributed by atoms with Crippen LogP contribution in [0.25, 0.3) is 10.8 Å². The third kappa shape index (κ3) is 10.2. The van der Waals surface area contributed by atoms with Gasteiger partial charge in [0.2, 0.25) is 17.7 Å². The van der Waals surface area contributed by atoms with E-state index in [1.165, 1.54) is 11.0 Å². The highest BCUT2D eigenvalue weighted by molar-refractivity contribution is 5.97. The molecule has 288 valence electrons. The Morgan fingerprint density at radius 3 is 2.36 bits per heavy atom. The lowest BCUT2D eigenvalue weighted by Crippen LogP contribution is -2.58. The molecular formula is C42H57N3O8. The van der Waals surface area contributed by atoms with Crippen LogP contribution in [0.3, 0.4) is 0 Å². The molecule has 2 aliphatic carbocycles. The quantitative estimate of drug-likeness (QED) is 0.174. The summed E-state index contributed by atoms with van der Waals surface area (Å²) in [5, 5.41) is 8.06. The molecule has 0 bridgehead atoms. The molecule has 0 radical (unpaired) electrons. The van der Waals surface area contributed by atoms with Gasteiger partial charge in [-0.2, -0.15) is 0 Å². The summed E-state index contributed by atoms with van der Waals surface area (Å²) in [5.41, 5.74) is -0.848. The topological polar surface area (TPSA) is 140 Å². The van der Waals surface area contributed by atoms with Gasteiger partial charge in [0.05, 0.1) is 25.0 Å². The molecule has 2 N–H and O–H groups in total. The molecule has 11 nitrogen and oxygen atoms in total. The molecule has 3 aliphatic rings. The Kier molecular flexibility index (Phi) is 13.0. The molecule has 3 amide bonds. The Morgan fingerprint density at radius 1 is 1.00 bits per heavy atom. The lowest BCUT2D eigenvalue weighted by atomic mass is 9.78. The predicted octanol–water partition coefficient (Wildman–Crippen LogP) is 5.77. The van der Waals surface area contributed by atoms with Crippen LogP contribution >= 0.6 is 0 Å².